The van der Waals surface area contributed by atoms with Crippen LogP contribution in [0.1, 0.15) is 6.42 Å². The Morgan fingerprint density at radius 2 is 1.70 bits per heavy atom. The molecule has 0 aromatic heterocycles. The fourth-order valence-electron chi connectivity index (χ4n) is 2.80. The van der Waals surface area contributed by atoms with Gasteiger partial charge in [-0.3, -0.25) is 9.59 Å². The quantitative estimate of drug-likeness (QED) is 0.771. The molecule has 0 unspecified atom stereocenters. The normalized spacial score (nSPS) is 16.4. The zero-order chi connectivity index (χ0) is 19.2. The van der Waals surface area contributed by atoms with E-state index < -0.39 is 29.7 Å². The van der Waals surface area contributed by atoms with E-state index in [1.807, 2.05) is 6.07 Å². The molecular formula is C19H19FN4O3. The number of halogens is 1. The average Bonchev–Trinajstić information content (AvgIpc) is 2.66. The lowest BCUT2D eigenvalue weighted by Crippen LogP contribution is -2.59. The van der Waals surface area contributed by atoms with Crippen molar-refractivity contribution in [1.29, 1.82) is 0 Å². The zero-order valence-electron chi connectivity index (χ0n) is 14.4. The minimum atomic E-state index is -0.928. The first kappa shape index (κ1) is 18.4. The summed E-state index contributed by atoms with van der Waals surface area (Å²) in [4.78, 5) is 38.4. The number of urea groups is 1. The molecule has 4 amide bonds. The molecule has 2 aromatic rings. The lowest BCUT2D eigenvalue weighted by molar-refractivity contribution is -0.130. The number of amides is 4. The van der Waals surface area contributed by atoms with Crippen LogP contribution in [0.3, 0.4) is 0 Å². The number of hydrogen-bond acceptors (Lipinski definition) is 3. The maximum atomic E-state index is 13.0. The molecule has 0 radical (unpaired) electrons. The van der Waals surface area contributed by atoms with Crippen LogP contribution in [0.25, 0.3) is 0 Å². The Morgan fingerprint density at radius 1 is 1.04 bits per heavy atom. The number of para-hydroxylation sites is 1. The van der Waals surface area contributed by atoms with E-state index in [0.717, 1.165) is 0 Å². The van der Waals surface area contributed by atoms with E-state index in [2.05, 4.69) is 16.0 Å². The molecule has 1 aliphatic rings. The van der Waals surface area contributed by atoms with Gasteiger partial charge in [0, 0.05) is 24.5 Å². The number of anilines is 2. The third-order valence-electron chi connectivity index (χ3n) is 4.12. The number of nitrogens with one attached hydrogen (secondary N) is 3. The van der Waals surface area contributed by atoms with Crippen molar-refractivity contribution in [1.82, 2.24) is 10.2 Å². The van der Waals surface area contributed by atoms with Gasteiger partial charge in [-0.1, -0.05) is 18.2 Å². The van der Waals surface area contributed by atoms with Crippen molar-refractivity contribution in [2.24, 2.45) is 0 Å². The van der Waals surface area contributed by atoms with Gasteiger partial charge in [0.2, 0.25) is 11.8 Å². The van der Waals surface area contributed by atoms with E-state index in [4.69, 9.17) is 0 Å². The van der Waals surface area contributed by atoms with E-state index in [9.17, 15) is 18.8 Å². The zero-order valence-corrected chi connectivity index (χ0v) is 14.4. The Bertz CT molecular complexity index is 827. The molecule has 0 saturated carbocycles. The molecule has 1 aliphatic heterocycles. The Kier molecular flexibility index (Phi) is 5.65. The number of carbonyl (C=O) groups is 3. The summed E-state index contributed by atoms with van der Waals surface area (Å²) in [6.45, 7) is 0.607. The van der Waals surface area contributed by atoms with Crippen LogP contribution < -0.4 is 16.0 Å². The molecule has 8 heteroatoms. The van der Waals surface area contributed by atoms with E-state index in [1.165, 1.54) is 29.2 Å². The van der Waals surface area contributed by atoms with E-state index in [0.29, 0.717) is 24.5 Å². The van der Waals surface area contributed by atoms with Crippen LogP contribution in [-0.2, 0) is 9.59 Å². The third kappa shape index (κ3) is 4.81. The number of benzene rings is 2. The van der Waals surface area contributed by atoms with Crippen molar-refractivity contribution >= 4 is 29.2 Å². The van der Waals surface area contributed by atoms with Gasteiger partial charge in [-0.2, -0.15) is 0 Å². The molecule has 0 aliphatic carbocycles. The molecule has 1 heterocycles. The highest BCUT2D eigenvalue weighted by atomic mass is 19.1. The molecule has 1 fully saturated rings. The first-order valence-corrected chi connectivity index (χ1v) is 8.49. The van der Waals surface area contributed by atoms with Crippen LogP contribution in [0.15, 0.2) is 54.6 Å². The Labute approximate surface area is 155 Å². The number of rotatable bonds is 4. The van der Waals surface area contributed by atoms with Gasteiger partial charge in [0.1, 0.15) is 11.9 Å². The van der Waals surface area contributed by atoms with Crippen LogP contribution in [0, 0.1) is 5.82 Å². The smallest absolute Gasteiger partial charge is 0.322 e. The van der Waals surface area contributed by atoms with Gasteiger partial charge >= 0.3 is 6.03 Å². The van der Waals surface area contributed by atoms with Crippen molar-refractivity contribution < 1.29 is 18.8 Å². The monoisotopic (exact) mass is 370 g/mol. The highest BCUT2D eigenvalue weighted by Gasteiger charge is 2.34. The van der Waals surface area contributed by atoms with Crippen LogP contribution in [-0.4, -0.2) is 41.9 Å². The molecule has 140 valence electrons. The van der Waals surface area contributed by atoms with Crippen LogP contribution >= 0.6 is 0 Å². The van der Waals surface area contributed by atoms with Gasteiger partial charge in [0.25, 0.3) is 0 Å². The Morgan fingerprint density at radius 3 is 2.41 bits per heavy atom. The van der Waals surface area contributed by atoms with Gasteiger partial charge in [0.15, 0.2) is 0 Å². The highest BCUT2D eigenvalue weighted by Crippen LogP contribution is 2.15. The van der Waals surface area contributed by atoms with E-state index in [1.54, 1.807) is 24.3 Å². The summed E-state index contributed by atoms with van der Waals surface area (Å²) < 4.78 is 13.0. The number of piperazine rings is 1. The van der Waals surface area contributed by atoms with Crippen LogP contribution in [0.4, 0.5) is 20.6 Å². The summed E-state index contributed by atoms with van der Waals surface area (Å²) in [6.07, 6.45) is -0.203. The second-order valence-electron chi connectivity index (χ2n) is 6.06. The molecule has 3 rings (SSSR count). The second-order valence-corrected chi connectivity index (χ2v) is 6.06. The van der Waals surface area contributed by atoms with Crippen LogP contribution in [0.2, 0.25) is 0 Å². The molecule has 0 bridgehead atoms. The minimum Gasteiger partial charge on any atom is -0.353 e. The van der Waals surface area contributed by atoms with Crippen molar-refractivity contribution in [3.8, 4) is 0 Å². The van der Waals surface area contributed by atoms with Crippen molar-refractivity contribution in [2.75, 3.05) is 23.7 Å². The fraction of sp³-hybridized carbons (Fsp3) is 0.211. The largest absolute Gasteiger partial charge is 0.353 e. The third-order valence-corrected chi connectivity index (χ3v) is 4.12. The molecular weight excluding hydrogens is 351 g/mol. The van der Waals surface area contributed by atoms with Gasteiger partial charge in [0.05, 0.1) is 6.42 Å². The molecule has 0 spiro atoms. The first-order chi connectivity index (χ1) is 13.0. The number of nitrogens with zero attached hydrogens (tertiary/aromatic N) is 1. The molecule has 7 nitrogen and oxygen atoms in total. The molecule has 2 aromatic carbocycles. The molecule has 27 heavy (non-hydrogen) atoms. The summed E-state index contributed by atoms with van der Waals surface area (Å²) in [5.41, 5.74) is 1.01. The molecule has 1 atom stereocenters. The Hall–Kier alpha value is -3.42. The summed E-state index contributed by atoms with van der Waals surface area (Å²) in [5, 5.41) is 7.99. The number of carbonyl (C=O) groups excluding carboxylic acids is 3. The fourth-order valence-corrected chi connectivity index (χ4v) is 2.80. The number of hydrogen-bond donors (Lipinski definition) is 3. The van der Waals surface area contributed by atoms with E-state index >= 15 is 0 Å². The van der Waals surface area contributed by atoms with Gasteiger partial charge in [-0.25, -0.2) is 9.18 Å². The summed E-state index contributed by atoms with van der Waals surface area (Å²) in [6, 6.07) is 12.8. The van der Waals surface area contributed by atoms with E-state index in [-0.39, 0.29) is 6.42 Å². The van der Waals surface area contributed by atoms with Crippen LogP contribution in [0.5, 0.6) is 0 Å². The topological polar surface area (TPSA) is 90.5 Å². The predicted octanol–water partition coefficient (Wildman–Crippen LogP) is 2.19. The van der Waals surface area contributed by atoms with Gasteiger partial charge < -0.3 is 20.9 Å². The van der Waals surface area contributed by atoms with Gasteiger partial charge in [-0.05, 0) is 36.4 Å². The van der Waals surface area contributed by atoms with Crippen molar-refractivity contribution in [2.45, 2.75) is 12.5 Å². The lowest BCUT2D eigenvalue weighted by atomic mass is 10.1. The average molecular weight is 370 g/mol. The molecule has 3 N–H and O–H groups in total. The highest BCUT2D eigenvalue weighted by molar-refractivity contribution is 5.99. The maximum Gasteiger partial charge on any atom is 0.322 e. The Balaban J connectivity index is 1.66. The van der Waals surface area contributed by atoms with Crippen molar-refractivity contribution in [3.05, 3.63) is 60.4 Å². The SMILES string of the molecule is O=C(C[C@@H]1C(=O)NCCN1C(=O)Nc1ccccc1)Nc1ccc(F)cc1. The molecule has 1 saturated heterocycles. The van der Waals surface area contributed by atoms with Gasteiger partial charge in [-0.15, -0.1) is 0 Å². The predicted molar refractivity (Wildman–Crippen MR) is 98.6 cm³/mol. The first-order valence-electron chi connectivity index (χ1n) is 8.49. The summed E-state index contributed by atoms with van der Waals surface area (Å²) >= 11 is 0. The minimum absolute atomic E-state index is 0.203. The standard InChI is InChI=1S/C19H19FN4O3/c20-13-6-8-15(9-7-13)22-17(25)12-16-18(26)21-10-11-24(16)19(27)23-14-4-2-1-3-5-14/h1-9,16H,10-12H2,(H,21,26)(H,22,25)(H,23,27)/t16-/m1/s1. The summed E-state index contributed by atoms with van der Waals surface area (Å²) in [7, 11) is 0. The summed E-state index contributed by atoms with van der Waals surface area (Å²) in [5.74, 6) is -1.25. The second kappa shape index (κ2) is 8.31. The van der Waals surface area contributed by atoms with Crippen molar-refractivity contribution in [3.63, 3.8) is 0 Å². The maximum absolute atomic E-state index is 13.0. The lowest BCUT2D eigenvalue weighted by Gasteiger charge is -2.34.